The molecule has 78 valence electrons. The lowest BCUT2D eigenvalue weighted by Crippen LogP contribution is -2.65. The van der Waals surface area contributed by atoms with Crippen LogP contribution < -0.4 is 5.32 Å². The summed E-state index contributed by atoms with van der Waals surface area (Å²) in [6.07, 6.45) is 3.50. The first kappa shape index (κ1) is 9.95. The Bertz CT molecular complexity index is 237. The van der Waals surface area contributed by atoms with E-state index in [2.05, 4.69) is 23.2 Å². The van der Waals surface area contributed by atoms with Crippen LogP contribution in [0.2, 0.25) is 0 Å². The summed E-state index contributed by atoms with van der Waals surface area (Å²) in [4.78, 5) is 2.42. The average Bonchev–Trinajstić information content (AvgIpc) is 2.28. The number of hydrogen-bond acceptors (Lipinski definition) is 3. The van der Waals surface area contributed by atoms with E-state index in [4.69, 9.17) is 0 Å². The van der Waals surface area contributed by atoms with Crippen molar-refractivity contribution >= 4 is 0 Å². The van der Waals surface area contributed by atoms with Crippen molar-refractivity contribution in [3.8, 4) is 6.07 Å². The third-order valence-corrected chi connectivity index (χ3v) is 3.65. The van der Waals surface area contributed by atoms with Crippen LogP contribution in [0.5, 0.6) is 0 Å². The van der Waals surface area contributed by atoms with Gasteiger partial charge < -0.3 is 4.90 Å². The Morgan fingerprint density at radius 1 is 1.50 bits per heavy atom. The Kier molecular flexibility index (Phi) is 2.76. The fourth-order valence-corrected chi connectivity index (χ4v) is 2.78. The number of nitrogens with one attached hydrogen (secondary N) is 1. The van der Waals surface area contributed by atoms with E-state index in [1.54, 1.807) is 0 Å². The van der Waals surface area contributed by atoms with Crippen LogP contribution in [0.1, 0.15) is 26.2 Å². The molecule has 3 heteroatoms. The van der Waals surface area contributed by atoms with Crippen molar-refractivity contribution < 1.29 is 0 Å². The van der Waals surface area contributed by atoms with E-state index in [9.17, 15) is 5.26 Å². The summed E-state index contributed by atoms with van der Waals surface area (Å²) in [6, 6.07) is 2.53. The molecule has 2 bridgehead atoms. The molecule has 3 aliphatic heterocycles. The van der Waals surface area contributed by atoms with Gasteiger partial charge in [0.25, 0.3) is 0 Å². The molecule has 3 nitrogen and oxygen atoms in total. The van der Waals surface area contributed by atoms with Crippen molar-refractivity contribution in [1.29, 1.82) is 5.26 Å². The zero-order chi connectivity index (χ0) is 10.0. The maximum atomic E-state index is 9.35. The zero-order valence-corrected chi connectivity index (χ0v) is 8.92. The monoisotopic (exact) mass is 193 g/mol. The smallest absolute Gasteiger partial charge is 0.122 e. The second-order valence-corrected chi connectivity index (χ2v) is 4.56. The SMILES string of the molecule is CCCNC1(C#N)CN2CCC1CC2. The highest BCUT2D eigenvalue weighted by Gasteiger charge is 2.46. The molecule has 0 aromatic rings. The summed E-state index contributed by atoms with van der Waals surface area (Å²) < 4.78 is 0. The average molecular weight is 193 g/mol. The van der Waals surface area contributed by atoms with Crippen LogP contribution in [-0.2, 0) is 0 Å². The number of hydrogen-bond donors (Lipinski definition) is 1. The molecule has 0 amide bonds. The van der Waals surface area contributed by atoms with Crippen molar-refractivity contribution in [2.24, 2.45) is 5.92 Å². The quantitative estimate of drug-likeness (QED) is 0.726. The zero-order valence-electron chi connectivity index (χ0n) is 8.92. The van der Waals surface area contributed by atoms with Crippen LogP contribution in [0, 0.1) is 17.2 Å². The molecule has 0 radical (unpaired) electrons. The molecule has 1 unspecified atom stereocenters. The summed E-state index contributed by atoms with van der Waals surface area (Å²) in [7, 11) is 0. The van der Waals surface area contributed by atoms with Crippen molar-refractivity contribution in [3.05, 3.63) is 0 Å². The highest BCUT2D eigenvalue weighted by atomic mass is 15.2. The van der Waals surface area contributed by atoms with E-state index >= 15 is 0 Å². The van der Waals surface area contributed by atoms with Gasteiger partial charge in [0.15, 0.2) is 0 Å². The van der Waals surface area contributed by atoms with Crippen molar-refractivity contribution in [3.63, 3.8) is 0 Å². The molecule has 0 spiro atoms. The minimum Gasteiger partial charge on any atom is -0.300 e. The normalized spacial score (nSPS) is 40.9. The standard InChI is InChI=1S/C11H19N3/c1-2-5-13-11(8-12)9-14-6-3-10(11)4-7-14/h10,13H,2-7,9H2,1H3. The van der Waals surface area contributed by atoms with E-state index in [1.807, 2.05) is 0 Å². The van der Waals surface area contributed by atoms with Crippen LogP contribution in [0.25, 0.3) is 0 Å². The lowest BCUT2D eigenvalue weighted by Gasteiger charge is -2.50. The largest absolute Gasteiger partial charge is 0.300 e. The van der Waals surface area contributed by atoms with Gasteiger partial charge in [-0.3, -0.25) is 5.32 Å². The highest BCUT2D eigenvalue weighted by molar-refractivity contribution is 5.16. The van der Waals surface area contributed by atoms with Gasteiger partial charge >= 0.3 is 0 Å². The van der Waals surface area contributed by atoms with E-state index < -0.39 is 0 Å². The minimum absolute atomic E-state index is 0.230. The summed E-state index contributed by atoms with van der Waals surface area (Å²) in [6.45, 7) is 6.45. The van der Waals surface area contributed by atoms with Crippen LogP contribution in [0.15, 0.2) is 0 Å². The highest BCUT2D eigenvalue weighted by Crippen LogP contribution is 2.35. The minimum atomic E-state index is -0.230. The van der Waals surface area contributed by atoms with Crippen LogP contribution >= 0.6 is 0 Å². The number of rotatable bonds is 3. The van der Waals surface area contributed by atoms with Gasteiger partial charge in [0.1, 0.15) is 5.54 Å². The van der Waals surface area contributed by atoms with Gasteiger partial charge in [0, 0.05) is 6.54 Å². The molecule has 1 N–H and O–H groups in total. The van der Waals surface area contributed by atoms with E-state index in [-0.39, 0.29) is 5.54 Å². The molecule has 3 heterocycles. The van der Waals surface area contributed by atoms with E-state index in [0.717, 1.165) is 19.5 Å². The fraction of sp³-hybridized carbons (Fsp3) is 0.909. The Labute approximate surface area is 86.1 Å². The number of piperidine rings is 3. The Hall–Kier alpha value is -0.590. The maximum absolute atomic E-state index is 9.35. The molecule has 3 fully saturated rings. The first-order chi connectivity index (χ1) is 6.80. The van der Waals surface area contributed by atoms with Gasteiger partial charge in [0.05, 0.1) is 6.07 Å². The molecular weight excluding hydrogens is 174 g/mol. The summed E-state index contributed by atoms with van der Waals surface area (Å²) in [5, 5.41) is 12.8. The third-order valence-electron chi connectivity index (χ3n) is 3.65. The molecule has 0 aromatic carbocycles. The molecule has 3 saturated heterocycles. The maximum Gasteiger partial charge on any atom is 0.122 e. The van der Waals surface area contributed by atoms with Gasteiger partial charge in [-0.05, 0) is 44.8 Å². The number of nitrogens with zero attached hydrogens (tertiary/aromatic N) is 2. The van der Waals surface area contributed by atoms with Gasteiger partial charge in [0.2, 0.25) is 0 Å². The Morgan fingerprint density at radius 2 is 2.21 bits per heavy atom. The Balaban J connectivity index is 2.08. The topological polar surface area (TPSA) is 39.1 Å². The van der Waals surface area contributed by atoms with Gasteiger partial charge in [-0.25, -0.2) is 0 Å². The molecule has 1 atom stereocenters. The summed E-state index contributed by atoms with van der Waals surface area (Å²) in [5.41, 5.74) is -0.230. The Morgan fingerprint density at radius 3 is 2.64 bits per heavy atom. The lowest BCUT2D eigenvalue weighted by molar-refractivity contribution is 0.0372. The first-order valence-corrected chi connectivity index (χ1v) is 5.69. The van der Waals surface area contributed by atoms with Crippen LogP contribution in [0.3, 0.4) is 0 Å². The molecular formula is C11H19N3. The predicted octanol–water partition coefficient (Wildman–Crippen LogP) is 0.974. The third kappa shape index (κ3) is 1.53. The molecule has 0 aromatic heterocycles. The molecule has 3 rings (SSSR count). The van der Waals surface area contributed by atoms with Gasteiger partial charge in [-0.1, -0.05) is 6.92 Å². The van der Waals surface area contributed by atoms with Gasteiger partial charge in [-0.15, -0.1) is 0 Å². The van der Waals surface area contributed by atoms with E-state index in [0.29, 0.717) is 5.92 Å². The van der Waals surface area contributed by atoms with Crippen molar-refractivity contribution in [2.75, 3.05) is 26.2 Å². The van der Waals surface area contributed by atoms with Crippen LogP contribution in [-0.4, -0.2) is 36.6 Å². The lowest BCUT2D eigenvalue weighted by atomic mass is 9.73. The number of nitriles is 1. The van der Waals surface area contributed by atoms with Crippen molar-refractivity contribution in [2.45, 2.75) is 31.7 Å². The first-order valence-electron chi connectivity index (χ1n) is 5.69. The van der Waals surface area contributed by atoms with E-state index in [1.165, 1.54) is 25.9 Å². The molecule has 14 heavy (non-hydrogen) atoms. The molecule has 0 aliphatic carbocycles. The predicted molar refractivity (Wildman–Crippen MR) is 55.8 cm³/mol. The molecule has 0 saturated carbocycles. The van der Waals surface area contributed by atoms with Crippen LogP contribution in [0.4, 0.5) is 0 Å². The second-order valence-electron chi connectivity index (χ2n) is 4.56. The van der Waals surface area contributed by atoms with Crippen molar-refractivity contribution in [1.82, 2.24) is 10.2 Å². The molecule has 3 aliphatic rings. The summed E-state index contributed by atoms with van der Waals surface area (Å²) >= 11 is 0. The fourth-order valence-electron chi connectivity index (χ4n) is 2.78. The van der Waals surface area contributed by atoms with Gasteiger partial charge in [-0.2, -0.15) is 5.26 Å². The summed E-state index contributed by atoms with van der Waals surface area (Å²) in [5.74, 6) is 0.587. The number of fused-ring (bicyclic) bond motifs is 3. The second kappa shape index (κ2) is 3.88.